The molecule has 2 heterocycles. The molecule has 0 amide bonds. The minimum atomic E-state index is 0.327. The van der Waals surface area contributed by atoms with Gasteiger partial charge in [0.05, 0.1) is 10.6 Å². The van der Waals surface area contributed by atoms with Gasteiger partial charge in [-0.05, 0) is 79.8 Å². The van der Waals surface area contributed by atoms with E-state index in [-0.39, 0.29) is 0 Å². The van der Waals surface area contributed by atoms with E-state index in [1.54, 1.807) is 11.3 Å². The molecule has 0 saturated heterocycles. The second-order valence-corrected chi connectivity index (χ2v) is 8.57. The predicted molar refractivity (Wildman–Crippen MR) is 115 cm³/mol. The third-order valence-corrected chi connectivity index (χ3v) is 6.04. The van der Waals surface area contributed by atoms with E-state index in [1.165, 1.54) is 11.1 Å². The number of aliphatic imine (C=N–C) groups is 1. The van der Waals surface area contributed by atoms with Crippen molar-refractivity contribution in [2.75, 3.05) is 0 Å². The first-order valence-electron chi connectivity index (χ1n) is 9.23. The zero-order chi connectivity index (χ0) is 19.9. The SMILES string of the molecule is C=C1N=C(c2scc(CC(C)C)c2C)OC(c2cc(C)c(O)c(C)c2)=C1C. The molecule has 1 aromatic carbocycles. The highest BCUT2D eigenvalue weighted by atomic mass is 32.1. The first-order chi connectivity index (χ1) is 12.7. The van der Waals surface area contributed by atoms with Gasteiger partial charge in [-0.15, -0.1) is 11.3 Å². The predicted octanol–water partition coefficient (Wildman–Crippen LogP) is 6.30. The Morgan fingerprint density at radius 1 is 1.15 bits per heavy atom. The third-order valence-electron chi connectivity index (χ3n) is 4.93. The maximum Gasteiger partial charge on any atom is 0.237 e. The molecule has 0 unspecified atom stereocenters. The van der Waals surface area contributed by atoms with Crippen LogP contribution in [0.4, 0.5) is 0 Å². The fourth-order valence-electron chi connectivity index (χ4n) is 3.30. The number of aryl methyl sites for hydroxylation is 2. The molecule has 4 heteroatoms. The Hall–Kier alpha value is -2.33. The summed E-state index contributed by atoms with van der Waals surface area (Å²) in [6.07, 6.45) is 1.05. The summed E-state index contributed by atoms with van der Waals surface area (Å²) in [5, 5.41) is 12.3. The number of rotatable bonds is 4. The van der Waals surface area contributed by atoms with Gasteiger partial charge in [0.25, 0.3) is 0 Å². The Morgan fingerprint density at radius 3 is 2.37 bits per heavy atom. The number of phenols is 1. The van der Waals surface area contributed by atoms with E-state index in [4.69, 9.17) is 4.74 Å². The summed E-state index contributed by atoms with van der Waals surface area (Å²) < 4.78 is 6.29. The van der Waals surface area contributed by atoms with Crippen LogP contribution in [0, 0.1) is 26.7 Å². The van der Waals surface area contributed by atoms with Crippen LogP contribution in [0.25, 0.3) is 5.76 Å². The van der Waals surface area contributed by atoms with Crippen molar-refractivity contribution in [2.24, 2.45) is 10.9 Å². The summed E-state index contributed by atoms with van der Waals surface area (Å²) in [4.78, 5) is 5.69. The monoisotopic (exact) mass is 381 g/mol. The zero-order valence-corrected chi connectivity index (χ0v) is 17.8. The molecule has 1 N–H and O–H groups in total. The molecule has 3 nitrogen and oxygen atoms in total. The lowest BCUT2D eigenvalue weighted by Gasteiger charge is -2.21. The second-order valence-electron chi connectivity index (χ2n) is 7.69. The van der Waals surface area contributed by atoms with Crippen LogP contribution in [0.2, 0.25) is 0 Å². The van der Waals surface area contributed by atoms with Crippen molar-refractivity contribution in [3.63, 3.8) is 0 Å². The normalized spacial score (nSPS) is 14.6. The quantitative estimate of drug-likeness (QED) is 0.675. The van der Waals surface area contributed by atoms with Gasteiger partial charge < -0.3 is 9.84 Å². The van der Waals surface area contributed by atoms with Gasteiger partial charge in [-0.3, -0.25) is 0 Å². The highest BCUT2D eigenvalue weighted by Crippen LogP contribution is 2.36. The van der Waals surface area contributed by atoms with E-state index < -0.39 is 0 Å². The van der Waals surface area contributed by atoms with Crippen molar-refractivity contribution in [3.05, 3.63) is 68.1 Å². The number of hydrogen-bond acceptors (Lipinski definition) is 4. The van der Waals surface area contributed by atoms with Crippen molar-refractivity contribution in [3.8, 4) is 5.75 Å². The Bertz CT molecular complexity index is 953. The Labute approximate surface area is 165 Å². The summed E-state index contributed by atoms with van der Waals surface area (Å²) in [5.41, 5.74) is 6.81. The maximum atomic E-state index is 10.1. The summed E-state index contributed by atoms with van der Waals surface area (Å²) >= 11 is 1.67. The lowest BCUT2D eigenvalue weighted by molar-refractivity contribution is 0.466. The molecule has 1 aromatic heterocycles. The van der Waals surface area contributed by atoms with Gasteiger partial charge >= 0.3 is 0 Å². The topological polar surface area (TPSA) is 41.8 Å². The Balaban J connectivity index is 2.00. The Kier molecular flexibility index (Phi) is 5.29. The fourth-order valence-corrected chi connectivity index (χ4v) is 4.33. The minimum absolute atomic E-state index is 0.327. The van der Waals surface area contributed by atoms with Crippen LogP contribution in [-0.2, 0) is 11.2 Å². The summed E-state index contributed by atoms with van der Waals surface area (Å²) in [7, 11) is 0. The van der Waals surface area contributed by atoms with Crippen LogP contribution in [-0.4, -0.2) is 11.0 Å². The van der Waals surface area contributed by atoms with Gasteiger partial charge in [0, 0.05) is 11.1 Å². The molecule has 0 spiro atoms. The van der Waals surface area contributed by atoms with E-state index >= 15 is 0 Å². The standard InChI is InChI=1S/C23H27NO2S/c1-12(2)8-19-11-27-22(16(19)6)23-24-17(7)15(5)21(26-23)18-9-13(3)20(25)14(4)10-18/h9-12,25H,7-8H2,1-6H3. The van der Waals surface area contributed by atoms with Crippen LogP contribution >= 0.6 is 11.3 Å². The van der Waals surface area contributed by atoms with Crippen LogP contribution in [0.1, 0.15) is 53.5 Å². The van der Waals surface area contributed by atoms with Crippen molar-refractivity contribution in [1.82, 2.24) is 0 Å². The number of ether oxygens (including phenoxy) is 1. The van der Waals surface area contributed by atoms with Gasteiger partial charge in [0.2, 0.25) is 5.90 Å². The first-order valence-corrected chi connectivity index (χ1v) is 10.1. The van der Waals surface area contributed by atoms with E-state index in [9.17, 15) is 5.11 Å². The largest absolute Gasteiger partial charge is 0.507 e. The van der Waals surface area contributed by atoms with Crippen molar-refractivity contribution >= 4 is 23.0 Å². The number of phenolic OH excluding ortho intramolecular Hbond substituents is 1. The lowest BCUT2D eigenvalue weighted by Crippen LogP contribution is -2.13. The first kappa shape index (κ1) is 19.4. The van der Waals surface area contributed by atoms with Crippen LogP contribution in [0.15, 0.2) is 40.4 Å². The smallest absolute Gasteiger partial charge is 0.237 e. The summed E-state index contributed by atoms with van der Waals surface area (Å²) in [5.74, 6) is 2.31. The molecule has 1 aliphatic heterocycles. The van der Waals surface area contributed by atoms with Crippen molar-refractivity contribution in [1.29, 1.82) is 0 Å². The average molecular weight is 382 g/mol. The summed E-state index contributed by atoms with van der Waals surface area (Å²) in [6, 6.07) is 3.89. The summed E-state index contributed by atoms with van der Waals surface area (Å²) in [6.45, 7) is 16.5. The van der Waals surface area contributed by atoms with Crippen molar-refractivity contribution in [2.45, 2.75) is 48.0 Å². The fraction of sp³-hybridized carbons (Fsp3) is 0.348. The number of hydrogen-bond donors (Lipinski definition) is 1. The second kappa shape index (κ2) is 7.35. The van der Waals surface area contributed by atoms with Crippen LogP contribution < -0.4 is 0 Å². The highest BCUT2D eigenvalue weighted by Gasteiger charge is 2.24. The number of aromatic hydroxyl groups is 1. The van der Waals surface area contributed by atoms with Gasteiger partial charge in [0.15, 0.2) is 0 Å². The highest BCUT2D eigenvalue weighted by molar-refractivity contribution is 7.12. The van der Waals surface area contributed by atoms with Crippen LogP contribution in [0.3, 0.4) is 0 Å². The zero-order valence-electron chi connectivity index (χ0n) is 16.9. The molecular formula is C23H27NO2S. The number of allylic oxidation sites excluding steroid dienone is 1. The molecule has 0 saturated carbocycles. The van der Waals surface area contributed by atoms with Crippen molar-refractivity contribution < 1.29 is 9.84 Å². The molecular weight excluding hydrogens is 354 g/mol. The molecule has 3 rings (SSSR count). The number of thiophene rings is 1. The van der Waals surface area contributed by atoms with Gasteiger partial charge in [-0.1, -0.05) is 20.4 Å². The number of benzene rings is 1. The average Bonchev–Trinajstić information content (AvgIpc) is 2.94. The molecule has 27 heavy (non-hydrogen) atoms. The van der Waals surface area contributed by atoms with Crippen LogP contribution in [0.5, 0.6) is 5.75 Å². The molecule has 0 radical (unpaired) electrons. The molecule has 0 fully saturated rings. The molecule has 0 bridgehead atoms. The third kappa shape index (κ3) is 3.72. The maximum absolute atomic E-state index is 10.1. The minimum Gasteiger partial charge on any atom is -0.507 e. The van der Waals surface area contributed by atoms with Gasteiger partial charge in [-0.2, -0.15) is 0 Å². The molecule has 0 aliphatic carbocycles. The molecule has 0 atom stereocenters. The molecule has 2 aromatic rings. The van der Waals surface area contributed by atoms with E-state index in [0.717, 1.165) is 39.3 Å². The van der Waals surface area contributed by atoms with Gasteiger partial charge in [-0.25, -0.2) is 4.99 Å². The van der Waals surface area contributed by atoms with E-state index in [1.807, 2.05) is 32.9 Å². The van der Waals surface area contributed by atoms with Gasteiger partial charge in [0.1, 0.15) is 11.5 Å². The lowest BCUT2D eigenvalue weighted by atomic mass is 10.00. The van der Waals surface area contributed by atoms with E-state index in [0.29, 0.717) is 23.3 Å². The molecule has 142 valence electrons. The number of nitrogens with zero attached hydrogens (tertiary/aromatic N) is 1. The molecule has 1 aliphatic rings. The van der Waals surface area contributed by atoms with E-state index in [2.05, 4.69) is 37.7 Å². The Morgan fingerprint density at radius 2 is 1.78 bits per heavy atom.